The summed E-state index contributed by atoms with van der Waals surface area (Å²) in [5.74, 6) is 0.102. The lowest BCUT2D eigenvalue weighted by Gasteiger charge is -2.36. The average molecular weight is 1950 g/mol. The highest BCUT2D eigenvalue weighted by Crippen LogP contribution is 2.47. The molecule has 15 aromatic rings. The summed E-state index contributed by atoms with van der Waals surface area (Å²) in [5, 5.41) is 8.81. The zero-order chi connectivity index (χ0) is 92.3. The highest BCUT2D eigenvalue weighted by atomic mass is 79.9. The smallest absolute Gasteiger partial charge is 0.410 e. The number of rotatable bonds is 10. The molecule has 131 heavy (non-hydrogen) atoms. The van der Waals surface area contributed by atoms with E-state index in [4.69, 9.17) is 88.6 Å². The van der Waals surface area contributed by atoms with Gasteiger partial charge in [0.2, 0.25) is 5.91 Å². The number of carbonyl (C=O) groups excluding carboxylic acids is 5. The van der Waals surface area contributed by atoms with Crippen LogP contribution in [-0.4, -0.2) is 144 Å². The number of hydrogen-bond donors (Lipinski definition) is 5. The number of hydrogen-bond acceptors (Lipinski definition) is 9. The molecular formula is C103H97BrCl6F2N10O9. The maximum Gasteiger partial charge on any atom is 0.410 e. The second-order valence-electron chi connectivity index (χ2n) is 33.8. The number of aromatic nitrogens is 5. The Kier molecular flexibility index (Phi) is 28.6. The van der Waals surface area contributed by atoms with Crippen LogP contribution in [0.3, 0.4) is 0 Å². The molecule has 5 unspecified atom stereocenters. The first-order valence-corrected chi connectivity index (χ1v) is 46.8. The number of methoxy groups -OCH3 is 1. The third kappa shape index (κ3) is 19.6. The van der Waals surface area contributed by atoms with Crippen LogP contribution in [0.1, 0.15) is 174 Å². The zero-order valence-electron chi connectivity index (χ0n) is 73.2. The third-order valence-corrected chi connectivity index (χ3v) is 26.4. The van der Waals surface area contributed by atoms with Gasteiger partial charge in [-0.1, -0.05) is 191 Å². The molecule has 0 radical (unpaired) electrons. The molecule has 10 heterocycles. The summed E-state index contributed by atoms with van der Waals surface area (Å²) in [4.78, 5) is 88.8. The van der Waals surface area contributed by atoms with Gasteiger partial charge in [-0.25, -0.2) is 28.0 Å². The molecule has 19 nitrogen and oxygen atoms in total. The van der Waals surface area contributed by atoms with Crippen molar-refractivity contribution in [3.05, 3.63) is 349 Å². The van der Waals surface area contributed by atoms with E-state index in [0.29, 0.717) is 76.2 Å². The fourth-order valence-electron chi connectivity index (χ4n) is 18.7. The summed E-state index contributed by atoms with van der Waals surface area (Å²) in [5.41, 5.74) is 21.0. The fourth-order valence-corrected chi connectivity index (χ4v) is 20.1. The Labute approximate surface area is 796 Å². The van der Waals surface area contributed by atoms with Gasteiger partial charge in [-0.3, -0.25) is 24.4 Å². The molecule has 5 N–H and O–H groups in total. The Morgan fingerprint density at radius 3 is 1.11 bits per heavy atom. The van der Waals surface area contributed by atoms with Crippen molar-refractivity contribution >= 4 is 170 Å². The van der Waals surface area contributed by atoms with Crippen molar-refractivity contribution in [2.75, 3.05) is 52.3 Å². The molecule has 0 spiro atoms. The van der Waals surface area contributed by atoms with Crippen molar-refractivity contribution in [1.29, 1.82) is 0 Å². The first-order chi connectivity index (χ1) is 63.1. The van der Waals surface area contributed by atoms with Crippen LogP contribution in [0.4, 0.5) is 28.0 Å². The number of alkyl halides is 1. The first kappa shape index (κ1) is 92.8. The molecule has 28 heteroatoms. The van der Waals surface area contributed by atoms with Crippen LogP contribution in [0.25, 0.3) is 54.5 Å². The van der Waals surface area contributed by atoms with Gasteiger partial charge in [0.05, 0.1) is 31.2 Å². The second kappa shape index (κ2) is 40.3. The van der Waals surface area contributed by atoms with Crippen LogP contribution in [-0.2, 0) is 55.8 Å². The van der Waals surface area contributed by atoms with Gasteiger partial charge in [-0.2, -0.15) is 0 Å². The molecule has 0 fully saturated rings. The van der Waals surface area contributed by atoms with Crippen LogP contribution >= 0.6 is 85.5 Å². The van der Waals surface area contributed by atoms with Crippen LogP contribution in [0.15, 0.2) is 223 Å². The van der Waals surface area contributed by atoms with Gasteiger partial charge in [0.25, 0.3) is 0 Å². The van der Waals surface area contributed by atoms with E-state index < -0.39 is 24.3 Å². The summed E-state index contributed by atoms with van der Waals surface area (Å²) in [6.07, 6.45) is 1.67. The number of ether oxygens (including phenoxy) is 4. The van der Waals surface area contributed by atoms with Gasteiger partial charge in [0.15, 0.2) is 0 Å². The van der Waals surface area contributed by atoms with E-state index in [-0.39, 0.29) is 72.5 Å². The van der Waals surface area contributed by atoms with Crippen LogP contribution in [0.2, 0.25) is 25.1 Å². The second-order valence-corrected chi connectivity index (χ2v) is 37.2. The van der Waals surface area contributed by atoms with E-state index in [1.165, 1.54) is 46.9 Å². The van der Waals surface area contributed by atoms with Crippen molar-refractivity contribution in [3.63, 3.8) is 0 Å². The number of nitrogens with one attached hydrogen (secondary N) is 5. The number of amides is 5. The number of H-pyrrole nitrogens is 5. The maximum absolute atomic E-state index is 14.7. The Balaban J connectivity index is 0.000000120. The van der Waals surface area contributed by atoms with E-state index in [2.05, 4.69) is 97.2 Å². The topological polar surface area (TPSA) is 217 Å². The molecule has 676 valence electrons. The Bertz CT molecular complexity index is 6700. The van der Waals surface area contributed by atoms with Gasteiger partial charge in [-0.15, -0.1) is 11.6 Å². The van der Waals surface area contributed by atoms with Crippen molar-refractivity contribution in [2.45, 2.75) is 129 Å². The van der Waals surface area contributed by atoms with Crippen LogP contribution in [0, 0.1) is 11.6 Å². The van der Waals surface area contributed by atoms with Gasteiger partial charge in [0, 0.05) is 163 Å². The lowest BCUT2D eigenvalue weighted by atomic mass is 9.91. The minimum Gasteiger partial charge on any atom is -0.453 e. The monoisotopic (exact) mass is 1940 g/mol. The predicted molar refractivity (Wildman–Crippen MR) is 520 cm³/mol. The van der Waals surface area contributed by atoms with E-state index in [1.54, 1.807) is 77.9 Å². The highest BCUT2D eigenvalue weighted by molar-refractivity contribution is 9.10. The van der Waals surface area contributed by atoms with Gasteiger partial charge in [0.1, 0.15) is 42.4 Å². The molecule has 0 saturated carbocycles. The molecule has 20 rings (SSSR count). The van der Waals surface area contributed by atoms with Crippen LogP contribution in [0.5, 0.6) is 0 Å². The summed E-state index contributed by atoms with van der Waals surface area (Å²) in [6, 6.07) is 66.9. The molecule has 10 aromatic carbocycles. The summed E-state index contributed by atoms with van der Waals surface area (Å²) < 4.78 is 51.5. The Morgan fingerprint density at radius 2 is 0.718 bits per heavy atom. The molecule has 5 aromatic heterocycles. The van der Waals surface area contributed by atoms with E-state index >= 15 is 0 Å². The Morgan fingerprint density at radius 1 is 0.382 bits per heavy atom. The van der Waals surface area contributed by atoms with Crippen LogP contribution < -0.4 is 0 Å². The van der Waals surface area contributed by atoms with E-state index in [0.717, 1.165) is 141 Å². The molecule has 5 aliphatic heterocycles. The third-order valence-electron chi connectivity index (χ3n) is 24.5. The lowest BCUT2D eigenvalue weighted by molar-refractivity contribution is -0.130. The molecule has 0 saturated heterocycles. The number of halogens is 9. The maximum atomic E-state index is 14.7. The standard InChI is InChI=1S/C22H23BrN2O.C21H20ClFN2O2.C21H21ClN2O2.C20H17Cl2FN2O2.C19H16Cl2N2O2/c1-13(2)15-4-6-16(7-5-15)22-21-18(10-11-25(22)14(3)26)19-12-17(23)8-9-20(19)24-21;1-12(2)27-21(26)25-10-9-14-16-11-13(22)7-8-18(16)24-19(14)20(25)15-5-3-4-6-17(15)23;1-13(2)26-21(25)24-11-10-16-17-12-15(22)8-9-18(17)23-19(16)20(24)14-6-4-3-5-7-14;21-8-10-27-20(26)25-9-7-13-15-11-12(22)5-6-17(15)24-18(13)19(25)14-3-1-2-4-16(14)23;1-25-19(24)23-8-7-14-15-10-13(21)5-6-16(15)22-17(14)18(23)11-3-2-4-12(20)9-11/h4-9,12-13,22,24H,10-11H2,1-3H3;3-8,11-12,20,24H,9-10H2,1-2H3;3-9,12-13,20,23H,10-11H2,1-2H3;1-6,11,19,24H,7-10H2;2-6,9-10,18,22H,7-8H2,1H3. The number of fused-ring (bicyclic) bond motifs is 15. The largest absolute Gasteiger partial charge is 0.453 e. The highest BCUT2D eigenvalue weighted by Gasteiger charge is 2.42. The fraction of sp³-hybridized carbons (Fsp3) is 0.272. The SMILES string of the molecule is CC(=O)N1CCc2c([nH]c3ccc(Br)cc23)C1c1ccc(C(C)C)cc1.CC(C)OC(=O)N1CCc2c([nH]c3ccc(Cl)cc23)C1c1ccccc1.CC(C)OC(=O)N1CCc2c([nH]c3ccc(Cl)cc23)C1c1ccccc1F.COC(=O)N1CCc2c([nH]c3ccc(Cl)cc23)C1c1cccc(Cl)c1.O=C(OCCCl)N1CCc2c([nH]c3ccc(Cl)cc23)C1c1ccccc1F. The van der Waals surface area contributed by atoms with Gasteiger partial charge < -0.3 is 48.8 Å². The van der Waals surface area contributed by atoms with Crippen molar-refractivity contribution in [1.82, 2.24) is 49.4 Å². The number of nitrogens with zero attached hydrogens (tertiary/aromatic N) is 5. The zero-order valence-corrected chi connectivity index (χ0v) is 79.3. The molecular weight excluding hydrogens is 1850 g/mol. The van der Waals surface area contributed by atoms with E-state index in [9.17, 15) is 32.8 Å². The molecule has 5 aliphatic rings. The minimum absolute atomic E-state index is 0.0522. The minimum atomic E-state index is -0.607. The summed E-state index contributed by atoms with van der Waals surface area (Å²) >= 11 is 40.1. The summed E-state index contributed by atoms with van der Waals surface area (Å²) in [6.45, 7) is 16.3. The quantitative estimate of drug-likeness (QED) is 0.0649. The average Bonchev–Trinajstić information content (AvgIpc) is 1.64. The number of carbonyl (C=O) groups is 5. The van der Waals surface area contributed by atoms with Crippen molar-refractivity contribution in [3.8, 4) is 0 Å². The summed E-state index contributed by atoms with van der Waals surface area (Å²) in [7, 11) is 1.40. The molecule has 0 aliphatic carbocycles. The Hall–Kier alpha value is -11.5. The molecule has 5 amide bonds. The molecule has 5 atom stereocenters. The number of aromatic amines is 5. The lowest BCUT2D eigenvalue weighted by Crippen LogP contribution is -2.42. The number of benzene rings is 10. The molecule has 0 bridgehead atoms. The van der Waals surface area contributed by atoms with Crippen molar-refractivity contribution < 1.29 is 51.7 Å². The van der Waals surface area contributed by atoms with Gasteiger partial charge >= 0.3 is 24.4 Å². The normalized spacial score (nSPS) is 16.7. The van der Waals surface area contributed by atoms with E-state index in [1.807, 2.05) is 145 Å². The first-order valence-electron chi connectivity index (χ1n) is 43.6. The van der Waals surface area contributed by atoms with Crippen molar-refractivity contribution in [2.24, 2.45) is 0 Å². The predicted octanol–water partition coefficient (Wildman–Crippen LogP) is 26.8. The van der Waals surface area contributed by atoms with Gasteiger partial charge in [-0.05, 0) is 231 Å².